The normalized spacial score (nSPS) is 18.0. The van der Waals surface area contributed by atoms with E-state index in [1.807, 2.05) is 24.3 Å². The standard InChI is InChI=1S/C14H19ClN2O3S/c1-10(17-21(2,19)20)13(18)16-9-14(6-7-14)11-4-3-5-12(15)8-11/h3-5,8,10,17H,6-7,9H2,1-2H3,(H,16,18)/t10-/m1/s1. The third kappa shape index (κ3) is 4.43. The predicted octanol–water partition coefficient (Wildman–Crippen LogP) is 1.43. The molecule has 0 aliphatic heterocycles. The number of rotatable bonds is 6. The van der Waals surface area contributed by atoms with Gasteiger partial charge in [-0.1, -0.05) is 23.7 Å². The van der Waals surface area contributed by atoms with Gasteiger partial charge < -0.3 is 5.32 Å². The first kappa shape index (κ1) is 16.3. The molecule has 5 nitrogen and oxygen atoms in total. The summed E-state index contributed by atoms with van der Waals surface area (Å²) in [6, 6.07) is 6.85. The van der Waals surface area contributed by atoms with Gasteiger partial charge >= 0.3 is 0 Å². The summed E-state index contributed by atoms with van der Waals surface area (Å²) >= 11 is 6.00. The van der Waals surface area contributed by atoms with Crippen LogP contribution in [0.15, 0.2) is 24.3 Å². The first-order chi connectivity index (χ1) is 9.72. The Bertz CT molecular complexity index is 641. The van der Waals surface area contributed by atoms with Crippen LogP contribution in [-0.4, -0.2) is 33.2 Å². The lowest BCUT2D eigenvalue weighted by Gasteiger charge is -2.19. The van der Waals surface area contributed by atoms with E-state index in [4.69, 9.17) is 11.6 Å². The number of halogens is 1. The van der Waals surface area contributed by atoms with Crippen LogP contribution in [0, 0.1) is 0 Å². The molecule has 1 aromatic carbocycles. The lowest BCUT2D eigenvalue weighted by Crippen LogP contribution is -2.46. The zero-order chi connectivity index (χ0) is 15.7. The van der Waals surface area contributed by atoms with Crippen molar-refractivity contribution in [3.63, 3.8) is 0 Å². The Hall–Kier alpha value is -1.11. The monoisotopic (exact) mass is 330 g/mol. The Morgan fingerprint density at radius 3 is 2.62 bits per heavy atom. The molecule has 1 fully saturated rings. The topological polar surface area (TPSA) is 75.3 Å². The first-order valence-electron chi connectivity index (χ1n) is 6.73. The fourth-order valence-corrected chi connectivity index (χ4v) is 3.26. The highest BCUT2D eigenvalue weighted by Crippen LogP contribution is 2.48. The lowest BCUT2D eigenvalue weighted by molar-refractivity contribution is -0.122. The van der Waals surface area contributed by atoms with Crippen LogP contribution in [-0.2, 0) is 20.2 Å². The second-order valence-electron chi connectivity index (χ2n) is 5.62. The molecule has 1 aliphatic rings. The molecule has 1 amide bonds. The molecule has 0 unspecified atom stereocenters. The fourth-order valence-electron chi connectivity index (χ4n) is 2.32. The lowest BCUT2D eigenvalue weighted by atomic mass is 9.96. The predicted molar refractivity (Wildman–Crippen MR) is 82.8 cm³/mol. The average Bonchev–Trinajstić information content (AvgIpc) is 3.15. The smallest absolute Gasteiger partial charge is 0.237 e. The molecule has 1 aliphatic carbocycles. The van der Waals surface area contributed by atoms with Crippen LogP contribution < -0.4 is 10.0 Å². The van der Waals surface area contributed by atoms with Crippen LogP contribution in [0.5, 0.6) is 0 Å². The first-order valence-corrected chi connectivity index (χ1v) is 9.00. The van der Waals surface area contributed by atoms with Gasteiger partial charge in [0.1, 0.15) is 0 Å². The van der Waals surface area contributed by atoms with Crippen molar-refractivity contribution >= 4 is 27.5 Å². The molecule has 7 heteroatoms. The van der Waals surface area contributed by atoms with Crippen molar-refractivity contribution < 1.29 is 13.2 Å². The number of sulfonamides is 1. The van der Waals surface area contributed by atoms with Gasteiger partial charge in [0.2, 0.25) is 15.9 Å². The number of hydrogen-bond donors (Lipinski definition) is 2. The van der Waals surface area contributed by atoms with E-state index in [9.17, 15) is 13.2 Å². The molecule has 0 aromatic heterocycles. The van der Waals surface area contributed by atoms with E-state index in [1.165, 1.54) is 6.92 Å². The summed E-state index contributed by atoms with van der Waals surface area (Å²) in [6.07, 6.45) is 3.01. The second-order valence-corrected chi connectivity index (χ2v) is 7.84. The van der Waals surface area contributed by atoms with Gasteiger partial charge in [-0.05, 0) is 37.5 Å². The highest BCUT2D eigenvalue weighted by atomic mass is 35.5. The molecule has 2 rings (SSSR count). The molecule has 21 heavy (non-hydrogen) atoms. The maximum atomic E-state index is 11.9. The van der Waals surface area contributed by atoms with E-state index in [0.717, 1.165) is 24.7 Å². The molecule has 0 heterocycles. The van der Waals surface area contributed by atoms with Crippen molar-refractivity contribution in [2.45, 2.75) is 31.2 Å². The summed E-state index contributed by atoms with van der Waals surface area (Å²) in [5.74, 6) is -0.325. The summed E-state index contributed by atoms with van der Waals surface area (Å²) in [5, 5.41) is 3.49. The summed E-state index contributed by atoms with van der Waals surface area (Å²) in [7, 11) is -3.39. The molecular formula is C14H19ClN2O3S. The Labute approximate surface area is 130 Å². The van der Waals surface area contributed by atoms with E-state index < -0.39 is 16.1 Å². The SMILES string of the molecule is C[C@@H](NS(C)(=O)=O)C(=O)NCC1(c2cccc(Cl)c2)CC1. The third-order valence-electron chi connectivity index (χ3n) is 3.68. The van der Waals surface area contributed by atoms with E-state index >= 15 is 0 Å². The van der Waals surface area contributed by atoms with Gasteiger partial charge in [0.25, 0.3) is 0 Å². The average molecular weight is 331 g/mol. The maximum Gasteiger partial charge on any atom is 0.237 e. The van der Waals surface area contributed by atoms with Gasteiger partial charge in [0.05, 0.1) is 12.3 Å². The largest absolute Gasteiger partial charge is 0.354 e. The number of nitrogens with one attached hydrogen (secondary N) is 2. The van der Waals surface area contributed by atoms with Crippen LogP contribution in [0.1, 0.15) is 25.3 Å². The molecule has 1 saturated carbocycles. The van der Waals surface area contributed by atoms with Crippen LogP contribution in [0.2, 0.25) is 5.02 Å². The second kappa shape index (κ2) is 5.94. The summed E-state index contributed by atoms with van der Waals surface area (Å²) < 4.78 is 24.5. The van der Waals surface area contributed by atoms with Gasteiger partial charge in [0, 0.05) is 17.0 Å². The van der Waals surface area contributed by atoms with E-state index in [1.54, 1.807) is 0 Å². The van der Waals surface area contributed by atoms with Crippen LogP contribution in [0.25, 0.3) is 0 Å². The summed E-state index contributed by atoms with van der Waals surface area (Å²) in [5.41, 5.74) is 1.05. The molecule has 1 atom stereocenters. The summed E-state index contributed by atoms with van der Waals surface area (Å²) in [4.78, 5) is 11.9. The number of amides is 1. The summed E-state index contributed by atoms with van der Waals surface area (Å²) in [6.45, 7) is 2.01. The van der Waals surface area contributed by atoms with E-state index in [2.05, 4.69) is 10.0 Å². The number of carbonyl (C=O) groups excluding carboxylic acids is 1. The van der Waals surface area contributed by atoms with Crippen LogP contribution >= 0.6 is 11.6 Å². The van der Waals surface area contributed by atoms with Crippen molar-refractivity contribution in [2.75, 3.05) is 12.8 Å². The van der Waals surface area contributed by atoms with E-state index in [0.29, 0.717) is 11.6 Å². The Kier molecular flexibility index (Phi) is 4.60. The minimum atomic E-state index is -3.39. The van der Waals surface area contributed by atoms with Crippen molar-refractivity contribution in [3.8, 4) is 0 Å². The highest BCUT2D eigenvalue weighted by molar-refractivity contribution is 7.88. The molecule has 1 aromatic rings. The third-order valence-corrected chi connectivity index (χ3v) is 4.69. The quantitative estimate of drug-likeness (QED) is 0.828. The zero-order valence-electron chi connectivity index (χ0n) is 12.0. The van der Waals surface area contributed by atoms with Crippen molar-refractivity contribution in [3.05, 3.63) is 34.9 Å². The number of benzene rings is 1. The molecular weight excluding hydrogens is 312 g/mol. The van der Waals surface area contributed by atoms with Crippen LogP contribution in [0.3, 0.4) is 0 Å². The van der Waals surface area contributed by atoms with Gasteiger partial charge in [-0.3, -0.25) is 4.79 Å². The molecule has 0 saturated heterocycles. The maximum absolute atomic E-state index is 11.9. The number of carbonyl (C=O) groups is 1. The zero-order valence-corrected chi connectivity index (χ0v) is 13.6. The van der Waals surface area contributed by atoms with Crippen molar-refractivity contribution in [1.82, 2.24) is 10.0 Å². The molecule has 0 bridgehead atoms. The molecule has 0 radical (unpaired) electrons. The Morgan fingerprint density at radius 2 is 2.10 bits per heavy atom. The van der Waals surface area contributed by atoms with Crippen molar-refractivity contribution in [2.24, 2.45) is 0 Å². The minimum absolute atomic E-state index is 0.0641. The minimum Gasteiger partial charge on any atom is -0.354 e. The molecule has 116 valence electrons. The molecule has 2 N–H and O–H groups in total. The van der Waals surface area contributed by atoms with Crippen molar-refractivity contribution in [1.29, 1.82) is 0 Å². The van der Waals surface area contributed by atoms with Gasteiger partial charge in [-0.25, -0.2) is 13.1 Å². The Morgan fingerprint density at radius 1 is 1.43 bits per heavy atom. The molecule has 0 spiro atoms. The highest BCUT2D eigenvalue weighted by Gasteiger charge is 2.44. The van der Waals surface area contributed by atoms with E-state index in [-0.39, 0.29) is 11.3 Å². The number of hydrogen-bond acceptors (Lipinski definition) is 3. The van der Waals surface area contributed by atoms with Crippen LogP contribution in [0.4, 0.5) is 0 Å². The Balaban J connectivity index is 1.95. The van der Waals surface area contributed by atoms with Gasteiger partial charge in [-0.2, -0.15) is 0 Å². The fraction of sp³-hybridized carbons (Fsp3) is 0.500. The van der Waals surface area contributed by atoms with Gasteiger partial charge in [-0.15, -0.1) is 0 Å². The van der Waals surface area contributed by atoms with Gasteiger partial charge in [0.15, 0.2) is 0 Å².